The summed E-state index contributed by atoms with van der Waals surface area (Å²) in [6.45, 7) is 0.494. The number of benzene rings is 3. The van der Waals surface area contributed by atoms with Crippen molar-refractivity contribution in [3.63, 3.8) is 0 Å². The molecule has 0 saturated heterocycles. The van der Waals surface area contributed by atoms with E-state index in [1.807, 2.05) is 84.2 Å². The maximum Gasteiger partial charge on any atom is 0.265 e. The van der Waals surface area contributed by atoms with E-state index in [2.05, 4.69) is 10.3 Å². The average Bonchev–Trinajstić information content (AvgIpc) is 3.34. The van der Waals surface area contributed by atoms with Crippen LogP contribution in [0.15, 0.2) is 84.2 Å². The van der Waals surface area contributed by atoms with Crippen LogP contribution in [0.25, 0.3) is 11.3 Å². The van der Waals surface area contributed by atoms with Gasteiger partial charge in [-0.3, -0.25) is 9.59 Å². The first kappa shape index (κ1) is 21.9. The van der Waals surface area contributed by atoms with Crippen molar-refractivity contribution >= 4 is 34.0 Å². The molecular weight excluding hydrogens is 446 g/mol. The third-order valence-corrected chi connectivity index (χ3v) is 6.37. The summed E-state index contributed by atoms with van der Waals surface area (Å²) in [5.74, 6) is 0.519. The molecule has 0 radical (unpaired) electrons. The Balaban J connectivity index is 1.30. The fraction of sp³-hybridized carbons (Fsp3) is 0.148. The second-order valence-corrected chi connectivity index (χ2v) is 8.87. The molecule has 1 aliphatic rings. The predicted molar refractivity (Wildman–Crippen MR) is 134 cm³/mol. The number of aromatic nitrogens is 1. The van der Waals surface area contributed by atoms with Crippen LogP contribution in [0, 0.1) is 0 Å². The van der Waals surface area contributed by atoms with Gasteiger partial charge in [-0.2, -0.15) is 0 Å². The Bertz CT molecular complexity index is 1310. The van der Waals surface area contributed by atoms with Gasteiger partial charge in [-0.15, -0.1) is 11.3 Å². The van der Waals surface area contributed by atoms with Gasteiger partial charge in [-0.1, -0.05) is 60.7 Å². The SMILES string of the molecule is O=C(CCc1ccccc1)Nc1nc(-c2ccc3c(c2)N(Cc2ccccc2)C(=O)CO3)cs1. The highest BCUT2D eigenvalue weighted by molar-refractivity contribution is 7.14. The first-order valence-electron chi connectivity index (χ1n) is 11.1. The molecule has 1 aliphatic heterocycles. The van der Waals surface area contributed by atoms with Gasteiger partial charge in [0, 0.05) is 17.4 Å². The van der Waals surface area contributed by atoms with Crippen LogP contribution in [-0.2, 0) is 22.6 Å². The molecular formula is C27H23N3O3S. The van der Waals surface area contributed by atoms with Crippen molar-refractivity contribution in [1.82, 2.24) is 4.98 Å². The number of nitrogens with one attached hydrogen (secondary N) is 1. The minimum Gasteiger partial charge on any atom is -0.482 e. The molecule has 34 heavy (non-hydrogen) atoms. The van der Waals surface area contributed by atoms with Crippen molar-refractivity contribution in [3.8, 4) is 17.0 Å². The third-order valence-electron chi connectivity index (χ3n) is 5.62. The van der Waals surface area contributed by atoms with Gasteiger partial charge in [0.25, 0.3) is 5.91 Å². The van der Waals surface area contributed by atoms with E-state index in [9.17, 15) is 9.59 Å². The van der Waals surface area contributed by atoms with Crippen molar-refractivity contribution in [3.05, 3.63) is 95.4 Å². The topological polar surface area (TPSA) is 71.5 Å². The Morgan fingerprint density at radius 3 is 2.50 bits per heavy atom. The Morgan fingerprint density at radius 2 is 1.74 bits per heavy atom. The van der Waals surface area contributed by atoms with Gasteiger partial charge in [0.15, 0.2) is 11.7 Å². The molecule has 170 valence electrons. The second kappa shape index (κ2) is 9.89. The molecule has 1 N–H and O–H groups in total. The summed E-state index contributed by atoms with van der Waals surface area (Å²) in [7, 11) is 0. The first-order valence-corrected chi connectivity index (χ1v) is 11.9. The lowest BCUT2D eigenvalue weighted by Crippen LogP contribution is -2.38. The zero-order valence-corrected chi connectivity index (χ0v) is 19.3. The zero-order chi connectivity index (χ0) is 23.3. The number of amides is 2. The summed E-state index contributed by atoms with van der Waals surface area (Å²) >= 11 is 1.38. The van der Waals surface area contributed by atoms with Crippen LogP contribution < -0.4 is 15.0 Å². The maximum atomic E-state index is 12.6. The first-order chi connectivity index (χ1) is 16.7. The van der Waals surface area contributed by atoms with E-state index in [4.69, 9.17) is 4.74 Å². The van der Waals surface area contributed by atoms with Gasteiger partial charge in [0.05, 0.1) is 17.9 Å². The number of anilines is 2. The third kappa shape index (κ3) is 5.00. The lowest BCUT2D eigenvalue weighted by molar-refractivity contribution is -0.121. The molecule has 7 heteroatoms. The normalized spacial score (nSPS) is 12.7. The Kier molecular flexibility index (Phi) is 6.35. The Hall–Kier alpha value is -3.97. The van der Waals surface area contributed by atoms with Gasteiger partial charge in [0.2, 0.25) is 5.91 Å². The summed E-state index contributed by atoms with van der Waals surface area (Å²) in [4.78, 5) is 31.4. The van der Waals surface area contributed by atoms with Crippen LogP contribution in [0.1, 0.15) is 17.5 Å². The number of fused-ring (bicyclic) bond motifs is 1. The number of nitrogens with zero attached hydrogens (tertiary/aromatic N) is 2. The lowest BCUT2D eigenvalue weighted by Gasteiger charge is -2.29. The van der Waals surface area contributed by atoms with E-state index >= 15 is 0 Å². The number of hydrogen-bond donors (Lipinski definition) is 1. The molecule has 1 aromatic heterocycles. The minimum absolute atomic E-state index is 0.0229. The number of carbonyl (C=O) groups excluding carboxylic acids is 2. The molecule has 0 fully saturated rings. The molecule has 0 saturated carbocycles. The smallest absolute Gasteiger partial charge is 0.265 e. The van der Waals surface area contributed by atoms with Crippen LogP contribution in [0.3, 0.4) is 0 Å². The zero-order valence-electron chi connectivity index (χ0n) is 18.4. The molecule has 2 heterocycles. The standard InChI is InChI=1S/C27H23N3O3S/c31-25(14-11-19-7-3-1-4-8-19)29-27-28-22(18-34-27)21-12-13-24-23(15-21)30(26(32)17-33-24)16-20-9-5-2-6-10-20/h1-10,12-13,15,18H,11,14,16-17H2,(H,28,29,31). The highest BCUT2D eigenvalue weighted by Gasteiger charge is 2.26. The molecule has 0 unspecified atom stereocenters. The summed E-state index contributed by atoms with van der Waals surface area (Å²) in [5.41, 5.74) is 4.49. The molecule has 0 aliphatic carbocycles. The van der Waals surface area contributed by atoms with E-state index in [1.54, 1.807) is 4.90 Å². The summed E-state index contributed by atoms with van der Waals surface area (Å²) in [6, 6.07) is 25.5. The largest absolute Gasteiger partial charge is 0.482 e. The van der Waals surface area contributed by atoms with E-state index in [0.29, 0.717) is 30.3 Å². The summed E-state index contributed by atoms with van der Waals surface area (Å²) in [6.07, 6.45) is 1.08. The van der Waals surface area contributed by atoms with Gasteiger partial charge in [0.1, 0.15) is 5.75 Å². The van der Waals surface area contributed by atoms with Gasteiger partial charge in [-0.05, 0) is 35.7 Å². The number of aryl methyl sites for hydroxylation is 1. The highest BCUT2D eigenvalue weighted by Crippen LogP contribution is 2.37. The average molecular weight is 470 g/mol. The molecule has 0 spiro atoms. The van der Waals surface area contributed by atoms with Gasteiger partial charge >= 0.3 is 0 Å². The van der Waals surface area contributed by atoms with Gasteiger partial charge in [-0.25, -0.2) is 4.98 Å². The van der Waals surface area contributed by atoms with Crippen molar-refractivity contribution in [1.29, 1.82) is 0 Å². The van der Waals surface area contributed by atoms with E-state index < -0.39 is 0 Å². The fourth-order valence-corrected chi connectivity index (χ4v) is 4.58. The number of ether oxygens (including phenoxy) is 1. The van der Waals surface area contributed by atoms with Crippen molar-refractivity contribution in [2.45, 2.75) is 19.4 Å². The fourth-order valence-electron chi connectivity index (χ4n) is 3.85. The van der Waals surface area contributed by atoms with Crippen molar-refractivity contribution in [2.24, 2.45) is 0 Å². The van der Waals surface area contributed by atoms with Crippen molar-refractivity contribution in [2.75, 3.05) is 16.8 Å². The Labute approximate surface area is 201 Å². The van der Waals surface area contributed by atoms with Crippen LogP contribution in [0.2, 0.25) is 0 Å². The molecule has 0 bridgehead atoms. The molecule has 5 rings (SSSR count). The van der Waals surface area contributed by atoms with Crippen LogP contribution in [0.5, 0.6) is 5.75 Å². The van der Waals surface area contributed by atoms with E-state index in [-0.39, 0.29) is 18.4 Å². The molecule has 0 atom stereocenters. The number of rotatable bonds is 7. The second-order valence-electron chi connectivity index (χ2n) is 8.01. The summed E-state index contributed by atoms with van der Waals surface area (Å²) in [5, 5.41) is 5.35. The monoisotopic (exact) mass is 469 g/mol. The molecule has 6 nitrogen and oxygen atoms in total. The van der Waals surface area contributed by atoms with Crippen LogP contribution in [-0.4, -0.2) is 23.4 Å². The van der Waals surface area contributed by atoms with Crippen molar-refractivity contribution < 1.29 is 14.3 Å². The minimum atomic E-state index is -0.0850. The lowest BCUT2D eigenvalue weighted by atomic mass is 10.1. The van der Waals surface area contributed by atoms with E-state index in [0.717, 1.165) is 28.1 Å². The van der Waals surface area contributed by atoms with Crippen LogP contribution in [0.4, 0.5) is 10.8 Å². The van der Waals surface area contributed by atoms with Gasteiger partial charge < -0.3 is 15.0 Å². The highest BCUT2D eigenvalue weighted by atomic mass is 32.1. The molecule has 4 aromatic rings. The number of carbonyl (C=O) groups is 2. The number of hydrogen-bond acceptors (Lipinski definition) is 5. The van der Waals surface area contributed by atoms with E-state index in [1.165, 1.54) is 11.3 Å². The Morgan fingerprint density at radius 1 is 1.00 bits per heavy atom. The predicted octanol–water partition coefficient (Wildman–Crippen LogP) is 5.31. The quantitative estimate of drug-likeness (QED) is 0.398. The molecule has 2 amide bonds. The molecule has 3 aromatic carbocycles. The van der Waals surface area contributed by atoms with Crippen LogP contribution >= 0.6 is 11.3 Å². The summed E-state index contributed by atoms with van der Waals surface area (Å²) < 4.78 is 5.65. The maximum absolute atomic E-state index is 12.6. The number of thiazole rings is 1.